The average Bonchev–Trinajstić information content (AvgIpc) is 2.80. The number of carbonyl (C=O) groups is 1. The maximum absolute atomic E-state index is 13.4. The molecule has 28 heavy (non-hydrogen) atoms. The van der Waals surface area contributed by atoms with Crippen molar-refractivity contribution in [2.45, 2.75) is 4.44 Å². The van der Waals surface area contributed by atoms with E-state index >= 15 is 0 Å². The van der Waals surface area contributed by atoms with E-state index in [0.29, 0.717) is 4.44 Å². The topological polar surface area (TPSA) is 17.1 Å². The Kier molecular flexibility index (Phi) is 5.73. The molecule has 0 unspecified atom stereocenters. The fraction of sp³-hybridized carbons (Fsp3) is 0.0385. The van der Waals surface area contributed by atoms with Crippen LogP contribution in [0.1, 0.15) is 10.4 Å². The van der Waals surface area contributed by atoms with E-state index in [1.807, 2.05) is 30.3 Å². The third-order valence-corrected chi connectivity index (χ3v) is 19.0. The SMILES string of the molecule is O=C([CH2][Sn]([c]1ccccc1)([c]1ccccc1)[c]1ccccc1)c1ccccc1. The van der Waals surface area contributed by atoms with Crippen LogP contribution in [0.15, 0.2) is 121 Å². The van der Waals surface area contributed by atoms with Crippen LogP contribution in [-0.4, -0.2) is 24.2 Å². The molecule has 0 radical (unpaired) electrons. The Labute approximate surface area is 170 Å². The van der Waals surface area contributed by atoms with Crippen molar-refractivity contribution >= 4 is 34.9 Å². The van der Waals surface area contributed by atoms with Gasteiger partial charge in [0.1, 0.15) is 0 Å². The number of Topliss-reactive ketones (excluding diaryl/α,β-unsaturated/α-hetero) is 1. The Morgan fingerprint density at radius 2 is 0.821 bits per heavy atom. The third-order valence-electron chi connectivity index (χ3n) is 5.32. The van der Waals surface area contributed by atoms with Crippen molar-refractivity contribution in [3.05, 3.63) is 127 Å². The van der Waals surface area contributed by atoms with Crippen molar-refractivity contribution in [2.75, 3.05) is 0 Å². The molecule has 0 aromatic heterocycles. The fourth-order valence-corrected chi connectivity index (χ4v) is 17.0. The van der Waals surface area contributed by atoms with E-state index in [0.717, 1.165) is 5.56 Å². The van der Waals surface area contributed by atoms with Crippen molar-refractivity contribution in [1.82, 2.24) is 0 Å². The van der Waals surface area contributed by atoms with Gasteiger partial charge in [0.15, 0.2) is 0 Å². The molecule has 2 heteroatoms. The van der Waals surface area contributed by atoms with Gasteiger partial charge in [-0.25, -0.2) is 0 Å². The fourth-order valence-electron chi connectivity index (χ4n) is 3.94. The Morgan fingerprint density at radius 3 is 1.18 bits per heavy atom. The standard InChI is InChI=1S/C8H7O.3C6H5.Sn/c1-7(9)8-5-3-2-4-6-8;3*1-2-4-6-5-3-1;/h2-6H,1H2;3*1-5H;. The van der Waals surface area contributed by atoms with E-state index in [1.54, 1.807) is 0 Å². The van der Waals surface area contributed by atoms with Crippen molar-refractivity contribution < 1.29 is 4.79 Å². The third kappa shape index (κ3) is 3.67. The summed E-state index contributed by atoms with van der Waals surface area (Å²) < 4.78 is 4.58. The molecule has 0 bridgehead atoms. The maximum atomic E-state index is 13.4. The van der Waals surface area contributed by atoms with E-state index in [4.69, 9.17) is 0 Å². The molecule has 0 saturated heterocycles. The molecule has 0 aliphatic carbocycles. The van der Waals surface area contributed by atoms with Crippen molar-refractivity contribution in [1.29, 1.82) is 0 Å². The Hall–Kier alpha value is -2.65. The van der Waals surface area contributed by atoms with Gasteiger partial charge in [0, 0.05) is 0 Å². The van der Waals surface area contributed by atoms with Crippen LogP contribution in [0, 0.1) is 0 Å². The molecule has 0 heterocycles. The van der Waals surface area contributed by atoms with E-state index in [9.17, 15) is 4.79 Å². The van der Waals surface area contributed by atoms with E-state index in [-0.39, 0.29) is 5.78 Å². The molecule has 1 nitrogen and oxygen atoms in total. The first-order valence-corrected chi connectivity index (χ1v) is 15.9. The summed E-state index contributed by atoms with van der Waals surface area (Å²) >= 11 is -3.53. The summed E-state index contributed by atoms with van der Waals surface area (Å²) in [6.45, 7) is 0. The Balaban J connectivity index is 1.95. The van der Waals surface area contributed by atoms with Crippen molar-refractivity contribution in [2.24, 2.45) is 0 Å². The zero-order valence-electron chi connectivity index (χ0n) is 15.7. The molecular weight excluding hydrogens is 447 g/mol. The molecule has 0 N–H and O–H groups in total. The second-order valence-corrected chi connectivity index (χ2v) is 18.1. The van der Waals surface area contributed by atoms with Gasteiger partial charge < -0.3 is 0 Å². The van der Waals surface area contributed by atoms with Gasteiger partial charge in [-0.1, -0.05) is 0 Å². The van der Waals surface area contributed by atoms with Crippen LogP contribution in [0.4, 0.5) is 0 Å². The molecule has 0 fully saturated rings. The Morgan fingerprint density at radius 1 is 0.500 bits per heavy atom. The first-order chi connectivity index (χ1) is 13.8. The van der Waals surface area contributed by atoms with Gasteiger partial charge >= 0.3 is 171 Å². The number of rotatable bonds is 6. The molecule has 4 aromatic carbocycles. The van der Waals surface area contributed by atoms with Gasteiger partial charge in [-0.3, -0.25) is 0 Å². The van der Waals surface area contributed by atoms with Crippen molar-refractivity contribution in [3.8, 4) is 0 Å². The summed E-state index contributed by atoms with van der Waals surface area (Å²) in [4.78, 5) is 13.4. The monoisotopic (exact) mass is 470 g/mol. The molecule has 4 rings (SSSR count). The summed E-state index contributed by atoms with van der Waals surface area (Å²) in [5.41, 5.74) is 0.798. The van der Waals surface area contributed by atoms with Gasteiger partial charge in [0.25, 0.3) is 0 Å². The minimum atomic E-state index is -3.53. The molecule has 0 saturated carbocycles. The molecule has 0 aliphatic rings. The zero-order chi connectivity index (χ0) is 19.2. The van der Waals surface area contributed by atoms with Crippen LogP contribution in [0.3, 0.4) is 0 Å². The first kappa shape index (κ1) is 18.7. The number of benzene rings is 4. The summed E-state index contributed by atoms with van der Waals surface area (Å²) in [5, 5.41) is 0. The minimum absolute atomic E-state index is 0.230. The average molecular weight is 469 g/mol. The second-order valence-electron chi connectivity index (χ2n) is 6.97. The number of hydrogen-bond donors (Lipinski definition) is 0. The van der Waals surface area contributed by atoms with Gasteiger partial charge in [-0.05, 0) is 0 Å². The van der Waals surface area contributed by atoms with Gasteiger partial charge in [-0.15, -0.1) is 0 Å². The normalized spacial score (nSPS) is 11.1. The molecular formula is C26H22OSn. The van der Waals surface area contributed by atoms with Crippen LogP contribution in [-0.2, 0) is 0 Å². The van der Waals surface area contributed by atoms with Gasteiger partial charge in [0.2, 0.25) is 0 Å². The predicted octanol–water partition coefficient (Wildman–Crippen LogP) is 4.04. The van der Waals surface area contributed by atoms with Crippen LogP contribution >= 0.6 is 0 Å². The molecule has 0 atom stereocenters. The number of carbonyl (C=O) groups excluding carboxylic acids is 1. The zero-order valence-corrected chi connectivity index (χ0v) is 18.5. The number of ketones is 1. The number of hydrogen-bond acceptors (Lipinski definition) is 1. The van der Waals surface area contributed by atoms with Crippen LogP contribution in [0.2, 0.25) is 4.44 Å². The Bertz CT molecular complexity index is 932. The van der Waals surface area contributed by atoms with Crippen LogP contribution in [0.5, 0.6) is 0 Å². The molecule has 4 aromatic rings. The van der Waals surface area contributed by atoms with E-state index in [1.165, 1.54) is 10.7 Å². The van der Waals surface area contributed by atoms with Crippen LogP contribution < -0.4 is 10.7 Å². The van der Waals surface area contributed by atoms with Crippen LogP contribution in [0.25, 0.3) is 0 Å². The molecule has 136 valence electrons. The first-order valence-electron chi connectivity index (χ1n) is 9.55. The summed E-state index contributed by atoms with van der Waals surface area (Å²) in [5.74, 6) is 0.230. The second kappa shape index (κ2) is 8.57. The molecule has 0 aliphatic heterocycles. The van der Waals surface area contributed by atoms with Crippen molar-refractivity contribution in [3.63, 3.8) is 0 Å². The quantitative estimate of drug-likeness (QED) is 0.308. The molecule has 0 amide bonds. The summed E-state index contributed by atoms with van der Waals surface area (Å²) in [6, 6.07) is 41.7. The summed E-state index contributed by atoms with van der Waals surface area (Å²) in [6.07, 6.45) is 0. The van der Waals surface area contributed by atoms with E-state index < -0.39 is 18.4 Å². The molecule has 0 spiro atoms. The predicted molar refractivity (Wildman–Crippen MR) is 120 cm³/mol. The summed E-state index contributed by atoms with van der Waals surface area (Å²) in [7, 11) is 0. The van der Waals surface area contributed by atoms with Gasteiger partial charge in [0.05, 0.1) is 0 Å². The van der Waals surface area contributed by atoms with Gasteiger partial charge in [-0.2, -0.15) is 0 Å². The van der Waals surface area contributed by atoms with E-state index in [2.05, 4.69) is 91.0 Å².